The highest BCUT2D eigenvalue weighted by Gasteiger charge is 2.35. The van der Waals surface area contributed by atoms with E-state index in [0.29, 0.717) is 30.3 Å². The van der Waals surface area contributed by atoms with Crippen molar-refractivity contribution < 1.29 is 8.42 Å². The van der Waals surface area contributed by atoms with Crippen molar-refractivity contribution in [3.05, 3.63) is 0 Å². The highest BCUT2D eigenvalue weighted by atomic mass is 35.5. The third-order valence-corrected chi connectivity index (χ3v) is 6.81. The first kappa shape index (κ1) is 15.5. The molecule has 1 N–H and O–H groups in total. The third kappa shape index (κ3) is 3.63. The molecule has 2 saturated heterocycles. The lowest BCUT2D eigenvalue weighted by Gasteiger charge is -2.25. The lowest BCUT2D eigenvalue weighted by atomic mass is 10.1. The molecule has 4 nitrogen and oxygen atoms in total. The van der Waals surface area contributed by atoms with Gasteiger partial charge in [-0.15, -0.1) is 12.4 Å². The molecular formula is C13H25ClN2O2S. The molecule has 2 atom stereocenters. The van der Waals surface area contributed by atoms with E-state index in [-0.39, 0.29) is 12.4 Å². The van der Waals surface area contributed by atoms with E-state index in [1.165, 1.54) is 19.3 Å². The highest BCUT2D eigenvalue weighted by Crippen LogP contribution is 2.28. The van der Waals surface area contributed by atoms with Crippen LogP contribution in [0.25, 0.3) is 0 Å². The summed E-state index contributed by atoms with van der Waals surface area (Å²) < 4.78 is 26.7. The number of hydrogen-bond donors (Lipinski definition) is 1. The van der Waals surface area contributed by atoms with Gasteiger partial charge in [0.15, 0.2) is 0 Å². The zero-order valence-electron chi connectivity index (χ0n) is 11.4. The summed E-state index contributed by atoms with van der Waals surface area (Å²) in [5, 5.41) is 3.54. The summed E-state index contributed by atoms with van der Waals surface area (Å²) in [6.45, 7) is 1.43. The van der Waals surface area contributed by atoms with Crippen molar-refractivity contribution in [2.24, 2.45) is 5.92 Å². The first-order chi connectivity index (χ1) is 8.63. The normalized spacial score (nSPS) is 33.1. The second-order valence-electron chi connectivity index (χ2n) is 6.21. The fraction of sp³-hybridized carbons (Fsp3) is 1.00. The van der Waals surface area contributed by atoms with E-state index in [0.717, 1.165) is 32.2 Å². The van der Waals surface area contributed by atoms with E-state index in [4.69, 9.17) is 0 Å². The number of halogens is 1. The molecule has 1 saturated carbocycles. The van der Waals surface area contributed by atoms with Gasteiger partial charge in [0.25, 0.3) is 0 Å². The van der Waals surface area contributed by atoms with Gasteiger partial charge in [-0.25, -0.2) is 12.7 Å². The molecule has 1 aliphatic carbocycles. The summed E-state index contributed by atoms with van der Waals surface area (Å²) in [5.41, 5.74) is 0. The van der Waals surface area contributed by atoms with Crippen LogP contribution in [0.3, 0.4) is 0 Å². The van der Waals surface area contributed by atoms with E-state index >= 15 is 0 Å². The van der Waals surface area contributed by atoms with Crippen molar-refractivity contribution >= 4 is 22.4 Å². The number of nitrogens with one attached hydrogen (secondary N) is 1. The summed E-state index contributed by atoms with van der Waals surface area (Å²) in [6, 6.07) is 0.956. The Hall–Kier alpha value is 0.160. The van der Waals surface area contributed by atoms with Gasteiger partial charge in [-0.1, -0.05) is 12.8 Å². The molecule has 3 fully saturated rings. The molecule has 2 heterocycles. The summed E-state index contributed by atoms with van der Waals surface area (Å²) in [6.07, 6.45) is 8.00. The fourth-order valence-corrected chi connectivity index (χ4v) is 5.67. The number of rotatable bonds is 3. The summed E-state index contributed by atoms with van der Waals surface area (Å²) in [7, 11) is -3.02. The largest absolute Gasteiger partial charge is 0.310 e. The molecule has 0 aromatic carbocycles. The Morgan fingerprint density at radius 2 is 1.68 bits per heavy atom. The van der Waals surface area contributed by atoms with Crippen LogP contribution in [-0.4, -0.2) is 43.6 Å². The van der Waals surface area contributed by atoms with E-state index < -0.39 is 10.0 Å². The summed E-state index contributed by atoms with van der Waals surface area (Å²) in [5.74, 6) is 0.813. The van der Waals surface area contributed by atoms with Gasteiger partial charge in [0, 0.05) is 25.2 Å². The number of nitrogens with zero attached hydrogens (tertiary/aromatic N) is 1. The Bertz CT molecular complexity index is 395. The van der Waals surface area contributed by atoms with Gasteiger partial charge in [-0.3, -0.25) is 0 Å². The predicted molar refractivity (Wildman–Crippen MR) is 79.1 cm³/mol. The van der Waals surface area contributed by atoms with Crippen LogP contribution in [0, 0.1) is 5.92 Å². The lowest BCUT2D eigenvalue weighted by Crippen LogP contribution is -2.41. The van der Waals surface area contributed by atoms with Crippen molar-refractivity contribution in [3.63, 3.8) is 0 Å². The maximum atomic E-state index is 12.5. The molecule has 3 aliphatic rings. The summed E-state index contributed by atoms with van der Waals surface area (Å²) in [4.78, 5) is 0. The van der Waals surface area contributed by atoms with Crippen molar-refractivity contribution in [1.29, 1.82) is 0 Å². The van der Waals surface area contributed by atoms with E-state index in [1.54, 1.807) is 4.31 Å². The summed E-state index contributed by atoms with van der Waals surface area (Å²) >= 11 is 0. The van der Waals surface area contributed by atoms with Crippen LogP contribution in [-0.2, 0) is 10.0 Å². The quantitative estimate of drug-likeness (QED) is 0.864. The molecule has 0 amide bonds. The highest BCUT2D eigenvalue weighted by molar-refractivity contribution is 7.89. The SMILES string of the molecule is Cl.O=S(=O)(CC1CCCC1)N1CCC2CCC(C1)N2. The van der Waals surface area contributed by atoms with Gasteiger partial charge in [0.05, 0.1) is 5.75 Å². The van der Waals surface area contributed by atoms with Crippen LogP contribution in [0.2, 0.25) is 0 Å². The monoisotopic (exact) mass is 308 g/mol. The second-order valence-corrected chi connectivity index (χ2v) is 8.23. The van der Waals surface area contributed by atoms with Crippen LogP contribution in [0.4, 0.5) is 0 Å². The van der Waals surface area contributed by atoms with Crippen molar-refractivity contribution in [3.8, 4) is 0 Å². The second kappa shape index (κ2) is 6.29. The Morgan fingerprint density at radius 3 is 2.42 bits per heavy atom. The lowest BCUT2D eigenvalue weighted by molar-refractivity contribution is 0.378. The number of fused-ring (bicyclic) bond motifs is 2. The minimum Gasteiger partial charge on any atom is -0.310 e. The first-order valence-electron chi connectivity index (χ1n) is 7.37. The topological polar surface area (TPSA) is 49.4 Å². The zero-order chi connectivity index (χ0) is 12.6. The standard InChI is InChI=1S/C13H24N2O2S.ClH/c16-18(17,10-11-3-1-2-4-11)15-8-7-12-5-6-13(9-15)14-12;/h11-14H,1-10H2;1H. The van der Waals surface area contributed by atoms with Crippen LogP contribution in [0.5, 0.6) is 0 Å². The van der Waals surface area contributed by atoms with Crippen LogP contribution >= 0.6 is 12.4 Å². The van der Waals surface area contributed by atoms with Gasteiger partial charge < -0.3 is 5.32 Å². The molecule has 112 valence electrons. The van der Waals surface area contributed by atoms with Gasteiger partial charge >= 0.3 is 0 Å². The van der Waals surface area contributed by atoms with Gasteiger partial charge in [-0.05, 0) is 38.0 Å². The molecule has 19 heavy (non-hydrogen) atoms. The van der Waals surface area contributed by atoms with Crippen LogP contribution in [0.15, 0.2) is 0 Å². The average molecular weight is 309 g/mol. The molecule has 2 unspecified atom stereocenters. The molecular weight excluding hydrogens is 284 g/mol. The van der Waals surface area contributed by atoms with Gasteiger partial charge in [0.1, 0.15) is 0 Å². The predicted octanol–water partition coefficient (Wildman–Crippen LogP) is 1.75. The minimum atomic E-state index is -3.02. The molecule has 6 heteroatoms. The molecule has 0 spiro atoms. The molecule has 2 bridgehead atoms. The van der Waals surface area contributed by atoms with Crippen molar-refractivity contribution in [1.82, 2.24) is 9.62 Å². The average Bonchev–Trinajstić information content (AvgIpc) is 2.87. The molecule has 0 aromatic rings. The zero-order valence-corrected chi connectivity index (χ0v) is 13.0. The Kier molecular flexibility index (Phi) is 5.15. The van der Waals surface area contributed by atoms with Crippen molar-refractivity contribution in [2.45, 2.75) is 57.0 Å². The maximum absolute atomic E-state index is 12.5. The van der Waals surface area contributed by atoms with Crippen LogP contribution in [0.1, 0.15) is 44.9 Å². The Morgan fingerprint density at radius 1 is 1.00 bits per heavy atom. The Labute approximate surface area is 122 Å². The van der Waals surface area contributed by atoms with Crippen LogP contribution < -0.4 is 5.32 Å². The molecule has 3 rings (SSSR count). The molecule has 2 aliphatic heterocycles. The minimum absolute atomic E-state index is 0. The number of sulfonamides is 1. The van der Waals surface area contributed by atoms with E-state index in [1.807, 2.05) is 0 Å². The van der Waals surface area contributed by atoms with Crippen molar-refractivity contribution in [2.75, 3.05) is 18.8 Å². The third-order valence-electron chi connectivity index (χ3n) is 4.80. The molecule has 0 radical (unpaired) electrons. The Balaban J connectivity index is 0.00000133. The smallest absolute Gasteiger partial charge is 0.214 e. The fourth-order valence-electron chi connectivity index (χ4n) is 3.74. The van der Waals surface area contributed by atoms with Gasteiger partial charge in [0.2, 0.25) is 10.0 Å². The number of hydrogen-bond acceptors (Lipinski definition) is 3. The molecule has 0 aromatic heterocycles. The maximum Gasteiger partial charge on any atom is 0.214 e. The van der Waals surface area contributed by atoms with E-state index in [2.05, 4.69) is 5.32 Å². The first-order valence-corrected chi connectivity index (χ1v) is 8.98. The van der Waals surface area contributed by atoms with E-state index in [9.17, 15) is 8.42 Å². The van der Waals surface area contributed by atoms with Gasteiger partial charge in [-0.2, -0.15) is 0 Å².